The van der Waals surface area contributed by atoms with E-state index in [1.54, 1.807) is 0 Å². The van der Waals surface area contributed by atoms with Crippen LogP contribution in [0.5, 0.6) is 0 Å². The standard InChI is InChI=1S/C15H17N3/c1-10-3-5-12(6-4-10)15-17-11(2)13-9-16-8-7-14(13)18-15/h3-6,16H,7-9H2,1-2H3. The van der Waals surface area contributed by atoms with Gasteiger partial charge in [0.25, 0.3) is 0 Å². The highest BCUT2D eigenvalue weighted by atomic mass is 14.9. The second-order valence-electron chi connectivity index (χ2n) is 4.85. The maximum absolute atomic E-state index is 4.72. The first-order chi connectivity index (χ1) is 8.74. The maximum Gasteiger partial charge on any atom is 0.159 e. The highest BCUT2D eigenvalue weighted by molar-refractivity contribution is 5.56. The first-order valence-corrected chi connectivity index (χ1v) is 6.38. The first kappa shape index (κ1) is 11.4. The van der Waals surface area contributed by atoms with Gasteiger partial charge in [-0.25, -0.2) is 9.97 Å². The summed E-state index contributed by atoms with van der Waals surface area (Å²) in [7, 11) is 0. The molecule has 0 spiro atoms. The summed E-state index contributed by atoms with van der Waals surface area (Å²) in [5, 5.41) is 3.37. The molecule has 3 nitrogen and oxygen atoms in total. The van der Waals surface area contributed by atoms with Gasteiger partial charge in [0, 0.05) is 36.3 Å². The van der Waals surface area contributed by atoms with E-state index in [0.717, 1.165) is 36.6 Å². The van der Waals surface area contributed by atoms with Crippen LogP contribution in [0, 0.1) is 13.8 Å². The SMILES string of the molecule is Cc1ccc(-c2nc(C)c3c(n2)CCNC3)cc1. The van der Waals surface area contributed by atoms with Gasteiger partial charge >= 0.3 is 0 Å². The van der Waals surface area contributed by atoms with Crippen molar-refractivity contribution in [3.63, 3.8) is 0 Å². The fourth-order valence-electron chi connectivity index (χ4n) is 2.34. The third kappa shape index (κ3) is 2.02. The van der Waals surface area contributed by atoms with Gasteiger partial charge < -0.3 is 5.32 Å². The Balaban J connectivity index is 2.08. The molecule has 0 aliphatic carbocycles. The van der Waals surface area contributed by atoms with Crippen LogP contribution in [-0.2, 0) is 13.0 Å². The number of aryl methyl sites for hydroxylation is 2. The quantitative estimate of drug-likeness (QED) is 0.830. The molecule has 2 aromatic rings. The lowest BCUT2D eigenvalue weighted by Crippen LogP contribution is -2.26. The van der Waals surface area contributed by atoms with Gasteiger partial charge in [0.1, 0.15) is 0 Å². The van der Waals surface area contributed by atoms with Crippen molar-refractivity contribution in [2.75, 3.05) is 6.54 Å². The normalized spacial score (nSPS) is 14.3. The first-order valence-electron chi connectivity index (χ1n) is 6.38. The molecule has 2 heterocycles. The summed E-state index contributed by atoms with van der Waals surface area (Å²) in [6.07, 6.45) is 0.998. The Morgan fingerprint density at radius 1 is 1.06 bits per heavy atom. The summed E-state index contributed by atoms with van der Waals surface area (Å²) in [5.74, 6) is 0.855. The van der Waals surface area contributed by atoms with Crippen LogP contribution >= 0.6 is 0 Å². The summed E-state index contributed by atoms with van der Waals surface area (Å²) in [4.78, 5) is 9.36. The number of fused-ring (bicyclic) bond motifs is 1. The van der Waals surface area contributed by atoms with Crippen LogP contribution < -0.4 is 5.32 Å². The van der Waals surface area contributed by atoms with E-state index in [4.69, 9.17) is 4.98 Å². The average Bonchev–Trinajstić information content (AvgIpc) is 2.39. The van der Waals surface area contributed by atoms with Crippen molar-refractivity contribution in [1.29, 1.82) is 0 Å². The number of hydrogen-bond acceptors (Lipinski definition) is 3. The minimum Gasteiger partial charge on any atom is -0.312 e. The minimum absolute atomic E-state index is 0.855. The summed E-state index contributed by atoms with van der Waals surface area (Å²) in [5.41, 5.74) is 5.94. The van der Waals surface area contributed by atoms with Crippen molar-refractivity contribution in [2.24, 2.45) is 0 Å². The summed E-state index contributed by atoms with van der Waals surface area (Å²) in [6.45, 7) is 6.08. The second kappa shape index (κ2) is 4.50. The van der Waals surface area contributed by atoms with Gasteiger partial charge in [-0.1, -0.05) is 29.8 Å². The molecule has 0 saturated carbocycles. The molecule has 0 radical (unpaired) electrons. The van der Waals surface area contributed by atoms with Crippen molar-refractivity contribution >= 4 is 0 Å². The van der Waals surface area contributed by atoms with Crippen molar-refractivity contribution in [1.82, 2.24) is 15.3 Å². The van der Waals surface area contributed by atoms with Crippen molar-refractivity contribution in [3.05, 3.63) is 46.8 Å². The van der Waals surface area contributed by atoms with E-state index in [1.807, 2.05) is 0 Å². The number of hydrogen-bond donors (Lipinski definition) is 1. The van der Waals surface area contributed by atoms with Gasteiger partial charge in [-0.2, -0.15) is 0 Å². The zero-order valence-electron chi connectivity index (χ0n) is 10.8. The minimum atomic E-state index is 0.855. The molecular formula is C15H17N3. The van der Waals surface area contributed by atoms with Gasteiger partial charge in [0.15, 0.2) is 5.82 Å². The van der Waals surface area contributed by atoms with Crippen LogP contribution in [0.3, 0.4) is 0 Å². The number of nitrogens with one attached hydrogen (secondary N) is 1. The monoisotopic (exact) mass is 239 g/mol. The highest BCUT2D eigenvalue weighted by Crippen LogP contribution is 2.21. The van der Waals surface area contributed by atoms with Gasteiger partial charge in [-0.05, 0) is 13.8 Å². The Morgan fingerprint density at radius 2 is 1.83 bits per heavy atom. The zero-order valence-corrected chi connectivity index (χ0v) is 10.8. The molecule has 1 aliphatic heterocycles. The molecule has 0 bridgehead atoms. The highest BCUT2D eigenvalue weighted by Gasteiger charge is 2.15. The lowest BCUT2D eigenvalue weighted by Gasteiger charge is -2.18. The third-order valence-corrected chi connectivity index (χ3v) is 3.45. The van der Waals surface area contributed by atoms with Gasteiger partial charge in [-0.3, -0.25) is 0 Å². The second-order valence-corrected chi connectivity index (χ2v) is 4.85. The van der Waals surface area contributed by atoms with Crippen LogP contribution in [0.1, 0.15) is 22.5 Å². The molecule has 0 saturated heterocycles. The molecule has 3 heteroatoms. The van der Waals surface area contributed by atoms with E-state index < -0.39 is 0 Å². The van der Waals surface area contributed by atoms with Crippen molar-refractivity contribution in [3.8, 4) is 11.4 Å². The number of aromatic nitrogens is 2. The summed E-state index contributed by atoms with van der Waals surface area (Å²) >= 11 is 0. The molecular weight excluding hydrogens is 222 g/mol. The molecule has 1 aliphatic rings. The fourth-order valence-corrected chi connectivity index (χ4v) is 2.34. The predicted molar refractivity (Wildman–Crippen MR) is 72.4 cm³/mol. The molecule has 0 fully saturated rings. The Labute approximate surface area is 107 Å². The van der Waals surface area contributed by atoms with E-state index in [-0.39, 0.29) is 0 Å². The Hall–Kier alpha value is -1.74. The molecule has 0 unspecified atom stereocenters. The number of nitrogens with zero attached hydrogens (tertiary/aromatic N) is 2. The maximum atomic E-state index is 4.72. The average molecular weight is 239 g/mol. The summed E-state index contributed by atoms with van der Waals surface area (Å²) < 4.78 is 0. The van der Waals surface area contributed by atoms with Crippen LogP contribution in [0.25, 0.3) is 11.4 Å². The Morgan fingerprint density at radius 3 is 2.61 bits per heavy atom. The Kier molecular flexibility index (Phi) is 2.84. The largest absolute Gasteiger partial charge is 0.312 e. The molecule has 1 aromatic carbocycles. The van der Waals surface area contributed by atoms with Crippen molar-refractivity contribution in [2.45, 2.75) is 26.8 Å². The molecule has 92 valence electrons. The van der Waals surface area contributed by atoms with E-state index >= 15 is 0 Å². The zero-order chi connectivity index (χ0) is 12.5. The van der Waals surface area contributed by atoms with Gasteiger partial charge in [-0.15, -0.1) is 0 Å². The topological polar surface area (TPSA) is 37.8 Å². The molecule has 1 aromatic heterocycles. The van der Waals surface area contributed by atoms with Crippen molar-refractivity contribution < 1.29 is 0 Å². The molecule has 0 atom stereocenters. The number of rotatable bonds is 1. The molecule has 18 heavy (non-hydrogen) atoms. The third-order valence-electron chi connectivity index (χ3n) is 3.45. The van der Waals surface area contributed by atoms with E-state index in [0.29, 0.717) is 0 Å². The predicted octanol–water partition coefficient (Wildman–Crippen LogP) is 2.41. The molecule has 0 amide bonds. The van der Waals surface area contributed by atoms with E-state index in [9.17, 15) is 0 Å². The van der Waals surface area contributed by atoms with Gasteiger partial charge in [0.2, 0.25) is 0 Å². The Bertz CT molecular complexity index is 573. The van der Waals surface area contributed by atoms with Gasteiger partial charge in [0.05, 0.1) is 5.69 Å². The number of benzene rings is 1. The lowest BCUT2D eigenvalue weighted by molar-refractivity contribution is 0.622. The van der Waals surface area contributed by atoms with Crippen LogP contribution in [0.2, 0.25) is 0 Å². The lowest BCUT2D eigenvalue weighted by atomic mass is 10.0. The van der Waals surface area contributed by atoms with Crippen LogP contribution in [0.15, 0.2) is 24.3 Å². The fraction of sp³-hybridized carbons (Fsp3) is 0.333. The molecule has 3 rings (SSSR count). The van der Waals surface area contributed by atoms with E-state index in [2.05, 4.69) is 48.4 Å². The summed E-state index contributed by atoms with van der Waals surface area (Å²) in [6, 6.07) is 8.40. The van der Waals surface area contributed by atoms with E-state index in [1.165, 1.54) is 16.8 Å². The van der Waals surface area contributed by atoms with Crippen LogP contribution in [0.4, 0.5) is 0 Å². The molecule has 1 N–H and O–H groups in total. The smallest absolute Gasteiger partial charge is 0.159 e. The van der Waals surface area contributed by atoms with Crippen LogP contribution in [-0.4, -0.2) is 16.5 Å².